The Labute approximate surface area is 222 Å². The number of amides is 1. The summed E-state index contributed by atoms with van der Waals surface area (Å²) in [6.45, 7) is 8.63. The lowest BCUT2D eigenvalue weighted by atomic mass is 9.90. The second kappa shape index (κ2) is 9.40. The van der Waals surface area contributed by atoms with Crippen LogP contribution in [-0.2, 0) is 0 Å². The summed E-state index contributed by atoms with van der Waals surface area (Å²) < 4.78 is 2.35. The van der Waals surface area contributed by atoms with E-state index >= 15 is 0 Å². The van der Waals surface area contributed by atoms with Gasteiger partial charge >= 0.3 is 0 Å². The minimum atomic E-state index is -0.404. The number of hydrogen-bond acceptors (Lipinski definition) is 4. The van der Waals surface area contributed by atoms with Crippen molar-refractivity contribution in [2.45, 2.75) is 39.7 Å². The van der Waals surface area contributed by atoms with E-state index in [1.165, 1.54) is 18.4 Å². The van der Waals surface area contributed by atoms with Crippen LogP contribution in [0.5, 0.6) is 0 Å². The van der Waals surface area contributed by atoms with Crippen LogP contribution in [0.15, 0.2) is 55.1 Å². The number of piperidine rings is 1. The molecule has 5 aromatic rings. The number of primary amides is 1. The fourth-order valence-corrected chi connectivity index (χ4v) is 6.04. The van der Waals surface area contributed by atoms with Gasteiger partial charge in [0.05, 0.1) is 17.4 Å². The lowest BCUT2D eigenvalue weighted by molar-refractivity contribution is 0.0999. The van der Waals surface area contributed by atoms with E-state index in [1.807, 2.05) is 44.7 Å². The van der Waals surface area contributed by atoms with Gasteiger partial charge in [0.1, 0.15) is 5.65 Å². The quantitative estimate of drug-likeness (QED) is 0.312. The van der Waals surface area contributed by atoms with Crippen molar-refractivity contribution in [2.75, 3.05) is 20.1 Å². The molecule has 1 amide bonds. The first-order valence-electron chi connectivity index (χ1n) is 13.3. The number of nitrogens with two attached hydrogens (primary N) is 1. The molecule has 3 aromatic heterocycles. The molecule has 0 spiro atoms. The molecule has 1 saturated heterocycles. The highest BCUT2D eigenvalue weighted by atomic mass is 16.1. The van der Waals surface area contributed by atoms with Gasteiger partial charge in [0.2, 0.25) is 5.91 Å². The maximum Gasteiger partial charge on any atom is 0.248 e. The molecule has 194 valence electrons. The minimum absolute atomic E-state index is 0.404. The zero-order valence-corrected chi connectivity index (χ0v) is 22.5. The summed E-state index contributed by atoms with van der Waals surface area (Å²) >= 11 is 0. The van der Waals surface area contributed by atoms with Crippen molar-refractivity contribution in [3.05, 3.63) is 71.8 Å². The third kappa shape index (κ3) is 4.07. The molecule has 6 rings (SSSR count). The highest BCUT2D eigenvalue weighted by Gasteiger charge is 2.24. The van der Waals surface area contributed by atoms with Crippen LogP contribution >= 0.6 is 0 Å². The molecule has 38 heavy (non-hydrogen) atoms. The number of benzene rings is 2. The average molecular weight is 507 g/mol. The smallest absolute Gasteiger partial charge is 0.248 e. The lowest BCUT2D eigenvalue weighted by Crippen LogP contribution is -2.33. The zero-order chi connectivity index (χ0) is 26.6. The van der Waals surface area contributed by atoms with Crippen LogP contribution in [0, 0.1) is 19.8 Å². The summed E-state index contributed by atoms with van der Waals surface area (Å²) in [5, 5.41) is 1.04. The molecule has 1 aliphatic rings. The Morgan fingerprint density at radius 1 is 1.03 bits per heavy atom. The second-order valence-corrected chi connectivity index (χ2v) is 10.8. The van der Waals surface area contributed by atoms with E-state index in [1.54, 1.807) is 0 Å². The van der Waals surface area contributed by atoms with E-state index < -0.39 is 5.91 Å². The number of carbonyl (C=O) groups is 1. The lowest BCUT2D eigenvalue weighted by Gasteiger charge is -2.33. The number of fused-ring (bicyclic) bond motifs is 2. The molecule has 2 aromatic carbocycles. The largest absolute Gasteiger partial charge is 0.366 e. The first kappa shape index (κ1) is 24.4. The molecule has 0 aliphatic carbocycles. The van der Waals surface area contributed by atoms with Gasteiger partial charge in [-0.15, -0.1) is 0 Å². The van der Waals surface area contributed by atoms with Crippen molar-refractivity contribution < 1.29 is 4.79 Å². The minimum Gasteiger partial charge on any atom is -0.366 e. The molecule has 7 heteroatoms. The van der Waals surface area contributed by atoms with E-state index in [9.17, 15) is 4.79 Å². The molecule has 1 unspecified atom stereocenters. The van der Waals surface area contributed by atoms with Crippen LogP contribution in [0.2, 0.25) is 0 Å². The topological polar surface area (TPSA) is 92.8 Å². The van der Waals surface area contributed by atoms with Crippen molar-refractivity contribution >= 4 is 28.0 Å². The maximum absolute atomic E-state index is 11.8. The van der Waals surface area contributed by atoms with Crippen molar-refractivity contribution in [1.29, 1.82) is 0 Å². The van der Waals surface area contributed by atoms with E-state index in [0.29, 0.717) is 17.5 Å². The molecule has 0 radical (unpaired) electrons. The number of aromatic amines is 1. The van der Waals surface area contributed by atoms with E-state index in [-0.39, 0.29) is 0 Å². The molecular formula is C31H34N6O. The SMILES string of the molecule is Cc1c(C(N)=O)ccc(-c2c[nH]c3ncc(-c4ccc5c(c4)ncn5C(C)C4CCN(C)CC4)cc23)c1C. The Kier molecular flexibility index (Phi) is 6.03. The molecule has 3 N–H and O–H groups in total. The summed E-state index contributed by atoms with van der Waals surface area (Å²) in [7, 11) is 2.21. The van der Waals surface area contributed by atoms with Gasteiger partial charge in [0.15, 0.2) is 0 Å². The number of nitrogens with one attached hydrogen (secondary N) is 1. The molecule has 7 nitrogen and oxygen atoms in total. The Morgan fingerprint density at radius 3 is 2.58 bits per heavy atom. The number of aromatic nitrogens is 4. The molecule has 1 fully saturated rings. The number of imidazole rings is 1. The number of H-pyrrole nitrogens is 1. The van der Waals surface area contributed by atoms with Gasteiger partial charge in [-0.2, -0.15) is 0 Å². The van der Waals surface area contributed by atoms with Crippen molar-refractivity contribution in [1.82, 2.24) is 24.4 Å². The van der Waals surface area contributed by atoms with Gasteiger partial charge in [-0.05, 0) is 106 Å². The number of carbonyl (C=O) groups excluding carboxylic acids is 1. The van der Waals surface area contributed by atoms with Gasteiger partial charge in [0.25, 0.3) is 0 Å². The van der Waals surface area contributed by atoms with Gasteiger partial charge < -0.3 is 20.2 Å². The van der Waals surface area contributed by atoms with E-state index in [2.05, 4.69) is 52.7 Å². The highest BCUT2D eigenvalue weighted by molar-refractivity contribution is 5.99. The summed E-state index contributed by atoms with van der Waals surface area (Å²) in [4.78, 5) is 27.0. The Bertz CT molecular complexity index is 1670. The number of likely N-dealkylation sites (tertiary alicyclic amines) is 1. The summed E-state index contributed by atoms with van der Waals surface area (Å²) in [6, 6.07) is 12.9. The molecule has 0 bridgehead atoms. The molecule has 0 saturated carbocycles. The standard InChI is InChI=1S/C31H34N6O/c1-18-19(2)25(30(32)38)7-6-24(18)27-16-34-31-26(27)13-23(15-33-31)22-5-8-29-28(14-22)35-17-37(29)20(3)21-9-11-36(4)12-10-21/h5-8,13-17,20-21H,9-12H2,1-4H3,(H2,32,38)(H,33,34). The van der Waals surface area contributed by atoms with Gasteiger partial charge in [-0.3, -0.25) is 4.79 Å². The third-order valence-electron chi connectivity index (χ3n) is 8.67. The maximum atomic E-state index is 11.8. The van der Waals surface area contributed by atoms with Crippen LogP contribution < -0.4 is 5.73 Å². The van der Waals surface area contributed by atoms with Crippen LogP contribution in [-0.4, -0.2) is 50.5 Å². The van der Waals surface area contributed by atoms with Crippen LogP contribution in [0.4, 0.5) is 0 Å². The number of nitrogens with zero attached hydrogens (tertiary/aromatic N) is 4. The van der Waals surface area contributed by atoms with Gasteiger partial charge in [-0.25, -0.2) is 9.97 Å². The van der Waals surface area contributed by atoms with Gasteiger partial charge in [-0.1, -0.05) is 12.1 Å². The Balaban J connectivity index is 1.35. The monoisotopic (exact) mass is 506 g/mol. The second-order valence-electron chi connectivity index (χ2n) is 10.8. The zero-order valence-electron chi connectivity index (χ0n) is 22.5. The summed E-state index contributed by atoms with van der Waals surface area (Å²) in [5.74, 6) is 0.268. The van der Waals surface area contributed by atoms with Crippen molar-refractivity contribution in [3.8, 4) is 22.3 Å². The predicted molar refractivity (Wildman–Crippen MR) is 153 cm³/mol. The first-order chi connectivity index (χ1) is 18.3. The number of hydrogen-bond donors (Lipinski definition) is 2. The summed E-state index contributed by atoms with van der Waals surface area (Å²) in [5.41, 5.74) is 15.3. The molecule has 1 atom stereocenters. The van der Waals surface area contributed by atoms with Crippen molar-refractivity contribution in [3.63, 3.8) is 0 Å². The Morgan fingerprint density at radius 2 is 1.82 bits per heavy atom. The normalized spacial score (nSPS) is 15.9. The molecule has 1 aliphatic heterocycles. The fourth-order valence-electron chi connectivity index (χ4n) is 6.04. The van der Waals surface area contributed by atoms with Crippen LogP contribution in [0.3, 0.4) is 0 Å². The first-order valence-corrected chi connectivity index (χ1v) is 13.3. The molecule has 4 heterocycles. The fraction of sp³-hybridized carbons (Fsp3) is 0.323. The van der Waals surface area contributed by atoms with Crippen LogP contribution in [0.25, 0.3) is 44.3 Å². The average Bonchev–Trinajstić information content (AvgIpc) is 3.53. The Hall–Kier alpha value is -3.97. The van der Waals surface area contributed by atoms with Crippen LogP contribution in [0.1, 0.15) is 47.3 Å². The number of rotatable bonds is 5. The predicted octanol–water partition coefficient (Wildman–Crippen LogP) is 5.87. The third-order valence-corrected chi connectivity index (χ3v) is 8.67. The summed E-state index contributed by atoms with van der Waals surface area (Å²) in [6.07, 6.45) is 8.36. The van der Waals surface area contributed by atoms with E-state index in [0.717, 1.165) is 63.0 Å². The van der Waals surface area contributed by atoms with Gasteiger partial charge in [0, 0.05) is 40.5 Å². The van der Waals surface area contributed by atoms with E-state index in [4.69, 9.17) is 15.7 Å². The van der Waals surface area contributed by atoms with Crippen molar-refractivity contribution in [2.24, 2.45) is 11.7 Å². The highest BCUT2D eigenvalue weighted by Crippen LogP contribution is 2.36. The molecular weight excluding hydrogens is 472 g/mol. The number of pyridine rings is 1.